The fraction of sp³-hybridized carbons (Fsp3) is 1.00. The quantitative estimate of drug-likeness (QED) is 0.609. The fourth-order valence-corrected chi connectivity index (χ4v) is 0.795. The van der Waals surface area contributed by atoms with E-state index in [0.717, 1.165) is 6.54 Å². The van der Waals surface area contributed by atoms with Gasteiger partial charge in [-0.15, -0.1) is 0 Å². The van der Waals surface area contributed by atoms with Crippen molar-refractivity contribution < 1.29 is 9.84 Å². The lowest BCUT2D eigenvalue weighted by Crippen LogP contribution is -2.31. The van der Waals surface area contributed by atoms with Crippen molar-refractivity contribution in [2.75, 3.05) is 33.4 Å². The molecule has 0 saturated heterocycles. The lowest BCUT2D eigenvalue weighted by Gasteiger charge is -2.18. The van der Waals surface area contributed by atoms with Crippen molar-refractivity contribution in [2.45, 2.75) is 20.0 Å². The summed E-state index contributed by atoms with van der Waals surface area (Å²) < 4.78 is 5.06. The maximum Gasteiger partial charge on any atom is 0.0900 e. The van der Waals surface area contributed by atoms with E-state index < -0.39 is 0 Å². The van der Waals surface area contributed by atoms with Crippen LogP contribution < -0.4 is 0 Å². The molecule has 68 valence electrons. The van der Waals surface area contributed by atoms with Gasteiger partial charge in [-0.05, 0) is 20.5 Å². The largest absolute Gasteiger partial charge is 0.389 e. The number of likely N-dealkylation sites (N-methyl/N-ethyl adjacent to an activating group) is 1. The van der Waals surface area contributed by atoms with Crippen molar-refractivity contribution in [3.05, 3.63) is 0 Å². The maximum absolute atomic E-state index is 9.32. The zero-order valence-corrected chi connectivity index (χ0v) is 7.71. The molecule has 1 N–H and O–H groups in total. The van der Waals surface area contributed by atoms with E-state index in [1.807, 2.05) is 14.0 Å². The number of rotatable bonds is 6. The molecule has 0 aliphatic carbocycles. The predicted octanol–water partition coefficient (Wildman–Crippen LogP) is 0.336. The second kappa shape index (κ2) is 6.58. The summed E-state index contributed by atoms with van der Waals surface area (Å²) in [7, 11) is 1.98. The fourth-order valence-electron chi connectivity index (χ4n) is 0.795. The van der Waals surface area contributed by atoms with Gasteiger partial charge in [0.25, 0.3) is 0 Å². The molecular weight excluding hydrogens is 142 g/mol. The number of nitrogens with zero attached hydrogens (tertiary/aromatic N) is 1. The van der Waals surface area contributed by atoms with Crippen LogP contribution in [0.1, 0.15) is 13.8 Å². The molecule has 3 nitrogen and oxygen atoms in total. The third-order valence-corrected chi connectivity index (χ3v) is 1.58. The predicted molar refractivity (Wildman–Crippen MR) is 45.7 cm³/mol. The summed E-state index contributed by atoms with van der Waals surface area (Å²) in [5.41, 5.74) is 0. The van der Waals surface area contributed by atoms with E-state index >= 15 is 0 Å². The van der Waals surface area contributed by atoms with Crippen LogP contribution in [0.15, 0.2) is 0 Å². The highest BCUT2D eigenvalue weighted by molar-refractivity contribution is 4.58. The van der Waals surface area contributed by atoms with E-state index in [9.17, 15) is 5.11 Å². The monoisotopic (exact) mass is 161 g/mol. The minimum atomic E-state index is -0.347. The van der Waals surface area contributed by atoms with Crippen molar-refractivity contribution in [3.63, 3.8) is 0 Å². The summed E-state index contributed by atoms with van der Waals surface area (Å²) in [6.45, 7) is 6.76. The minimum Gasteiger partial charge on any atom is -0.389 e. The molecule has 0 rings (SSSR count). The van der Waals surface area contributed by atoms with Crippen LogP contribution in [0, 0.1) is 0 Å². The van der Waals surface area contributed by atoms with Gasteiger partial charge in [-0.1, -0.05) is 6.92 Å². The van der Waals surface area contributed by atoms with Gasteiger partial charge in [-0.2, -0.15) is 0 Å². The number of hydrogen-bond donors (Lipinski definition) is 1. The number of ether oxygens (including phenoxy) is 1. The molecule has 0 bridgehead atoms. The molecule has 0 aromatic rings. The minimum absolute atomic E-state index is 0.347. The molecule has 0 aromatic heterocycles. The van der Waals surface area contributed by atoms with Crippen molar-refractivity contribution in [2.24, 2.45) is 0 Å². The maximum atomic E-state index is 9.32. The molecule has 3 heteroatoms. The van der Waals surface area contributed by atoms with E-state index in [4.69, 9.17) is 4.74 Å². The number of aliphatic hydroxyl groups excluding tert-OH is 1. The first kappa shape index (κ1) is 10.9. The van der Waals surface area contributed by atoms with Gasteiger partial charge in [0.2, 0.25) is 0 Å². The lowest BCUT2D eigenvalue weighted by molar-refractivity contribution is 0.0264. The highest BCUT2D eigenvalue weighted by Gasteiger charge is 2.05. The Labute approximate surface area is 69.0 Å². The van der Waals surface area contributed by atoms with Crippen molar-refractivity contribution in [1.29, 1.82) is 0 Å². The summed E-state index contributed by atoms with van der Waals surface area (Å²) in [4.78, 5) is 2.06. The van der Waals surface area contributed by atoms with Crippen LogP contribution in [0.25, 0.3) is 0 Å². The highest BCUT2D eigenvalue weighted by Crippen LogP contribution is 1.89. The standard InChI is InChI=1S/C8H19NO2/c1-4-9(3)6-8(10)7-11-5-2/h8,10H,4-7H2,1-3H3. The Hall–Kier alpha value is -0.120. The van der Waals surface area contributed by atoms with E-state index in [1.165, 1.54) is 0 Å². The van der Waals surface area contributed by atoms with Crippen LogP contribution in [-0.2, 0) is 4.74 Å². The molecule has 0 aromatic carbocycles. The lowest BCUT2D eigenvalue weighted by atomic mass is 10.3. The second-order valence-corrected chi connectivity index (χ2v) is 2.67. The SMILES string of the molecule is CCOCC(O)CN(C)CC. The Bertz CT molecular complexity index is 88.2. The Kier molecular flexibility index (Phi) is 6.51. The van der Waals surface area contributed by atoms with Gasteiger partial charge in [-0.3, -0.25) is 0 Å². The highest BCUT2D eigenvalue weighted by atomic mass is 16.5. The number of aliphatic hydroxyl groups is 1. The van der Waals surface area contributed by atoms with Crippen LogP contribution in [0.3, 0.4) is 0 Å². The Morgan fingerprint density at radius 2 is 2.09 bits per heavy atom. The van der Waals surface area contributed by atoms with E-state index in [0.29, 0.717) is 19.8 Å². The molecule has 1 unspecified atom stereocenters. The summed E-state index contributed by atoms with van der Waals surface area (Å²) in [5, 5.41) is 9.32. The van der Waals surface area contributed by atoms with Gasteiger partial charge < -0.3 is 14.7 Å². The van der Waals surface area contributed by atoms with Gasteiger partial charge in [0, 0.05) is 13.2 Å². The normalized spacial score (nSPS) is 13.9. The van der Waals surface area contributed by atoms with Gasteiger partial charge >= 0.3 is 0 Å². The summed E-state index contributed by atoms with van der Waals surface area (Å²) in [6, 6.07) is 0. The third kappa shape index (κ3) is 6.28. The van der Waals surface area contributed by atoms with E-state index in [1.54, 1.807) is 0 Å². The molecule has 0 saturated carbocycles. The molecule has 11 heavy (non-hydrogen) atoms. The zero-order chi connectivity index (χ0) is 8.69. The molecular formula is C8H19NO2. The summed E-state index contributed by atoms with van der Waals surface area (Å²) >= 11 is 0. The van der Waals surface area contributed by atoms with Crippen molar-refractivity contribution >= 4 is 0 Å². The van der Waals surface area contributed by atoms with Crippen LogP contribution in [0.5, 0.6) is 0 Å². The van der Waals surface area contributed by atoms with Crippen molar-refractivity contribution in [3.8, 4) is 0 Å². The Morgan fingerprint density at radius 1 is 1.45 bits per heavy atom. The second-order valence-electron chi connectivity index (χ2n) is 2.67. The summed E-state index contributed by atoms with van der Waals surface area (Å²) in [6.07, 6.45) is -0.347. The van der Waals surface area contributed by atoms with Gasteiger partial charge in [-0.25, -0.2) is 0 Å². The van der Waals surface area contributed by atoms with Gasteiger partial charge in [0.15, 0.2) is 0 Å². The molecule has 0 aliphatic rings. The van der Waals surface area contributed by atoms with Crippen LogP contribution in [-0.4, -0.2) is 49.5 Å². The van der Waals surface area contributed by atoms with Gasteiger partial charge in [0.1, 0.15) is 0 Å². The molecule has 1 atom stereocenters. The van der Waals surface area contributed by atoms with Crippen molar-refractivity contribution in [1.82, 2.24) is 4.90 Å². The third-order valence-electron chi connectivity index (χ3n) is 1.58. The first-order valence-electron chi connectivity index (χ1n) is 4.15. The number of hydrogen-bond acceptors (Lipinski definition) is 3. The summed E-state index contributed by atoms with van der Waals surface area (Å²) in [5.74, 6) is 0. The molecule has 0 amide bonds. The Balaban J connectivity index is 3.27. The molecule has 0 heterocycles. The van der Waals surface area contributed by atoms with E-state index in [-0.39, 0.29) is 6.10 Å². The van der Waals surface area contributed by atoms with Gasteiger partial charge in [0.05, 0.1) is 12.7 Å². The average Bonchev–Trinajstić information content (AvgIpc) is 2.00. The van der Waals surface area contributed by atoms with Crippen LogP contribution in [0.2, 0.25) is 0 Å². The molecule has 0 radical (unpaired) electrons. The topological polar surface area (TPSA) is 32.7 Å². The first-order chi connectivity index (χ1) is 5.20. The van der Waals surface area contributed by atoms with E-state index in [2.05, 4.69) is 11.8 Å². The molecule has 0 spiro atoms. The van der Waals surface area contributed by atoms with Crippen LogP contribution in [0.4, 0.5) is 0 Å². The zero-order valence-electron chi connectivity index (χ0n) is 7.71. The smallest absolute Gasteiger partial charge is 0.0900 e. The average molecular weight is 161 g/mol. The van der Waals surface area contributed by atoms with Crippen LogP contribution >= 0.6 is 0 Å². The molecule has 0 aliphatic heterocycles. The Morgan fingerprint density at radius 3 is 2.55 bits per heavy atom. The first-order valence-corrected chi connectivity index (χ1v) is 4.15. The molecule has 0 fully saturated rings.